The largest absolute Gasteiger partial charge is 0.366 e. The van der Waals surface area contributed by atoms with Crippen molar-refractivity contribution in [2.24, 2.45) is 0 Å². The summed E-state index contributed by atoms with van der Waals surface area (Å²) >= 11 is 0. The van der Waals surface area contributed by atoms with Crippen molar-refractivity contribution < 1.29 is 14.0 Å². The highest BCUT2D eigenvalue weighted by atomic mass is 19.1. The number of carbonyl (C=O) groups is 2. The molecule has 0 radical (unpaired) electrons. The van der Waals surface area contributed by atoms with E-state index in [1.165, 1.54) is 17.0 Å². The number of amides is 2. The predicted octanol–water partition coefficient (Wildman–Crippen LogP) is 2.02. The molecule has 0 aromatic heterocycles. The maximum absolute atomic E-state index is 13.1. The van der Waals surface area contributed by atoms with Crippen molar-refractivity contribution in [3.63, 3.8) is 0 Å². The fraction of sp³-hybridized carbons (Fsp3) is 0.375. The maximum atomic E-state index is 13.1. The van der Waals surface area contributed by atoms with E-state index in [-0.39, 0.29) is 17.6 Å². The number of hydrogen-bond acceptors (Lipinski definition) is 3. The number of hydrogen-bond donors (Lipinski definition) is 0. The van der Waals surface area contributed by atoms with E-state index in [4.69, 9.17) is 0 Å². The van der Waals surface area contributed by atoms with Gasteiger partial charge in [0, 0.05) is 19.6 Å². The average Bonchev–Trinajstić information content (AvgIpc) is 3.07. The molecule has 4 nitrogen and oxygen atoms in total. The van der Waals surface area contributed by atoms with Gasteiger partial charge in [0.15, 0.2) is 0 Å². The third-order valence-electron chi connectivity index (χ3n) is 4.01. The van der Waals surface area contributed by atoms with Gasteiger partial charge >= 0.3 is 0 Å². The zero-order chi connectivity index (χ0) is 15.0. The molecule has 1 fully saturated rings. The van der Waals surface area contributed by atoms with Crippen LogP contribution in [0.5, 0.6) is 0 Å². The first kappa shape index (κ1) is 13.8. The van der Waals surface area contributed by atoms with E-state index in [2.05, 4.69) is 0 Å². The first-order valence-electron chi connectivity index (χ1n) is 7.25. The summed E-state index contributed by atoms with van der Waals surface area (Å²) < 4.78 is 13.1. The number of nitrogens with zero attached hydrogens (tertiary/aromatic N) is 2. The minimum Gasteiger partial charge on any atom is -0.366 e. The average molecular weight is 288 g/mol. The summed E-state index contributed by atoms with van der Waals surface area (Å²) in [4.78, 5) is 28.3. The van der Waals surface area contributed by atoms with Crippen LogP contribution in [0.1, 0.15) is 25.3 Å². The van der Waals surface area contributed by atoms with Gasteiger partial charge in [0.25, 0.3) is 11.8 Å². The van der Waals surface area contributed by atoms with Crippen molar-refractivity contribution in [3.05, 3.63) is 41.3 Å². The van der Waals surface area contributed by atoms with Crippen molar-refractivity contribution in [1.82, 2.24) is 9.80 Å². The smallest absolute Gasteiger partial charge is 0.277 e. The van der Waals surface area contributed by atoms with E-state index in [1.807, 2.05) is 4.90 Å². The number of imide groups is 1. The molecule has 2 aliphatic heterocycles. The second kappa shape index (κ2) is 5.31. The van der Waals surface area contributed by atoms with E-state index in [0.717, 1.165) is 25.9 Å². The van der Waals surface area contributed by atoms with Gasteiger partial charge in [-0.3, -0.25) is 14.5 Å². The van der Waals surface area contributed by atoms with E-state index >= 15 is 0 Å². The molecule has 21 heavy (non-hydrogen) atoms. The molecule has 0 N–H and O–H groups in total. The lowest BCUT2D eigenvalue weighted by atomic mass is 10.0. The van der Waals surface area contributed by atoms with Crippen LogP contribution >= 0.6 is 0 Å². The van der Waals surface area contributed by atoms with Crippen molar-refractivity contribution in [3.8, 4) is 0 Å². The lowest BCUT2D eigenvalue weighted by Crippen LogP contribution is -2.34. The Labute approximate surface area is 122 Å². The number of likely N-dealkylation sites (N-methyl/N-ethyl adjacent to an activating group) is 1. The number of carbonyl (C=O) groups excluding carboxylic acids is 2. The lowest BCUT2D eigenvalue weighted by Gasteiger charge is -2.19. The van der Waals surface area contributed by atoms with Crippen molar-refractivity contribution >= 4 is 17.4 Å². The molecule has 1 aromatic carbocycles. The number of rotatable bonds is 3. The standard InChI is InChI=1S/C16H17FN2O2/c1-2-19-15(20)13(11-5-7-12(17)8-6-11)14(16(19)21)18-9-3-4-10-18/h5-8H,2-4,9-10H2,1H3. The summed E-state index contributed by atoms with van der Waals surface area (Å²) in [6.45, 7) is 3.71. The van der Waals surface area contributed by atoms with Gasteiger partial charge in [0.05, 0.1) is 5.57 Å². The Morgan fingerprint density at radius 2 is 1.67 bits per heavy atom. The van der Waals surface area contributed by atoms with Gasteiger partial charge in [-0.2, -0.15) is 0 Å². The van der Waals surface area contributed by atoms with Gasteiger partial charge in [-0.25, -0.2) is 4.39 Å². The molecular weight excluding hydrogens is 271 g/mol. The van der Waals surface area contributed by atoms with Gasteiger partial charge in [-0.05, 0) is 37.5 Å². The van der Waals surface area contributed by atoms with Crippen LogP contribution in [0, 0.1) is 5.82 Å². The molecule has 0 aliphatic carbocycles. The van der Waals surface area contributed by atoms with Crippen LogP contribution in [-0.4, -0.2) is 41.2 Å². The Hall–Kier alpha value is -2.17. The highest BCUT2D eigenvalue weighted by molar-refractivity contribution is 6.35. The maximum Gasteiger partial charge on any atom is 0.277 e. The molecule has 1 aromatic rings. The summed E-state index contributed by atoms with van der Waals surface area (Å²) in [7, 11) is 0. The Balaban J connectivity index is 2.11. The first-order chi connectivity index (χ1) is 10.1. The topological polar surface area (TPSA) is 40.6 Å². The molecule has 2 aliphatic rings. The van der Waals surface area contributed by atoms with Crippen LogP contribution in [0.3, 0.4) is 0 Å². The molecule has 2 amide bonds. The Kier molecular flexibility index (Phi) is 3.49. The molecule has 0 atom stereocenters. The minimum absolute atomic E-state index is 0.233. The molecule has 1 saturated heterocycles. The zero-order valence-corrected chi connectivity index (χ0v) is 11.9. The van der Waals surface area contributed by atoms with Crippen LogP contribution in [0.15, 0.2) is 30.0 Å². The molecule has 0 unspecified atom stereocenters. The molecule has 0 bridgehead atoms. The van der Waals surface area contributed by atoms with Crippen LogP contribution in [0.25, 0.3) is 5.57 Å². The molecule has 0 spiro atoms. The van der Waals surface area contributed by atoms with Crippen LogP contribution in [0.4, 0.5) is 4.39 Å². The van der Waals surface area contributed by atoms with Crippen molar-refractivity contribution in [1.29, 1.82) is 0 Å². The second-order valence-corrected chi connectivity index (χ2v) is 5.28. The molecule has 2 heterocycles. The monoisotopic (exact) mass is 288 g/mol. The summed E-state index contributed by atoms with van der Waals surface area (Å²) in [5, 5.41) is 0. The molecule has 3 rings (SSSR count). The van der Waals surface area contributed by atoms with Crippen LogP contribution < -0.4 is 0 Å². The SMILES string of the molecule is CCN1C(=O)C(c2ccc(F)cc2)=C(N2CCCC2)C1=O. The van der Waals surface area contributed by atoms with E-state index < -0.39 is 0 Å². The Morgan fingerprint density at radius 1 is 1.05 bits per heavy atom. The minimum atomic E-state index is -0.355. The normalized spacial score (nSPS) is 19.1. The second-order valence-electron chi connectivity index (χ2n) is 5.28. The van der Waals surface area contributed by atoms with E-state index in [1.54, 1.807) is 19.1 Å². The van der Waals surface area contributed by atoms with Crippen molar-refractivity contribution in [2.75, 3.05) is 19.6 Å². The van der Waals surface area contributed by atoms with Gasteiger partial charge in [0.1, 0.15) is 11.5 Å². The van der Waals surface area contributed by atoms with E-state index in [9.17, 15) is 14.0 Å². The number of halogens is 1. The molecule has 5 heteroatoms. The third-order valence-corrected chi connectivity index (χ3v) is 4.01. The molecule has 110 valence electrons. The third kappa shape index (κ3) is 2.22. The predicted molar refractivity (Wildman–Crippen MR) is 76.5 cm³/mol. The zero-order valence-electron chi connectivity index (χ0n) is 11.9. The summed E-state index contributed by atoms with van der Waals surface area (Å²) in [5.41, 5.74) is 1.49. The van der Waals surface area contributed by atoms with Crippen LogP contribution in [0.2, 0.25) is 0 Å². The van der Waals surface area contributed by atoms with Gasteiger partial charge in [0.2, 0.25) is 0 Å². The molecular formula is C16H17FN2O2. The van der Waals surface area contributed by atoms with E-state index in [0.29, 0.717) is 23.4 Å². The summed E-state index contributed by atoms with van der Waals surface area (Å²) in [6, 6.07) is 5.75. The fourth-order valence-corrected chi connectivity index (χ4v) is 2.96. The lowest BCUT2D eigenvalue weighted by molar-refractivity contribution is -0.137. The van der Waals surface area contributed by atoms with Gasteiger partial charge in [-0.15, -0.1) is 0 Å². The number of likely N-dealkylation sites (tertiary alicyclic amines) is 1. The van der Waals surface area contributed by atoms with Gasteiger partial charge in [-0.1, -0.05) is 12.1 Å². The van der Waals surface area contributed by atoms with Crippen LogP contribution in [-0.2, 0) is 9.59 Å². The fourth-order valence-electron chi connectivity index (χ4n) is 2.96. The number of benzene rings is 1. The molecule has 0 saturated carbocycles. The van der Waals surface area contributed by atoms with Crippen molar-refractivity contribution in [2.45, 2.75) is 19.8 Å². The first-order valence-corrected chi connectivity index (χ1v) is 7.25. The quantitative estimate of drug-likeness (QED) is 0.799. The van der Waals surface area contributed by atoms with Gasteiger partial charge < -0.3 is 4.90 Å². The highest BCUT2D eigenvalue weighted by Gasteiger charge is 2.41. The summed E-state index contributed by atoms with van der Waals surface area (Å²) in [5.74, 6) is -0.870. The Bertz CT molecular complexity index is 616. The highest BCUT2D eigenvalue weighted by Crippen LogP contribution is 2.33. The Morgan fingerprint density at radius 3 is 2.24 bits per heavy atom. The summed E-state index contributed by atoms with van der Waals surface area (Å²) in [6.07, 6.45) is 2.04.